The number of para-hydroxylation sites is 1. The first-order valence-electron chi connectivity index (χ1n) is 10.8. The smallest absolute Gasteiger partial charge is 0.414 e. The van der Waals surface area contributed by atoms with E-state index in [2.05, 4.69) is 73.3 Å². The fourth-order valence-electron chi connectivity index (χ4n) is 4.04. The highest BCUT2D eigenvalue weighted by Crippen LogP contribution is 2.29. The van der Waals surface area contributed by atoms with Crippen molar-refractivity contribution in [1.29, 1.82) is 0 Å². The highest BCUT2D eigenvalue weighted by Gasteiger charge is 2.20. The second-order valence-electron chi connectivity index (χ2n) is 8.23. The second kappa shape index (κ2) is 12.7. The maximum absolute atomic E-state index is 9.10. The first-order valence-corrected chi connectivity index (χ1v) is 10.8. The lowest BCUT2D eigenvalue weighted by Crippen LogP contribution is -2.39. The molecule has 1 aliphatic heterocycles. The van der Waals surface area contributed by atoms with Crippen LogP contribution in [0.25, 0.3) is 11.1 Å². The molecule has 2 N–H and O–H groups in total. The molecule has 2 atom stereocenters. The Bertz CT molecular complexity index is 802. The molecule has 3 rings (SSSR count). The lowest BCUT2D eigenvalue weighted by molar-refractivity contribution is -0.159. The molecule has 0 amide bonds. The molecule has 0 aromatic heterocycles. The van der Waals surface area contributed by atoms with Crippen LogP contribution in [0.4, 0.5) is 0 Å². The number of rotatable bonds is 7. The zero-order chi connectivity index (χ0) is 22.6. The van der Waals surface area contributed by atoms with Crippen molar-refractivity contribution < 1.29 is 24.5 Å². The number of piperidine rings is 1. The van der Waals surface area contributed by atoms with E-state index in [1.54, 1.807) is 0 Å². The molecule has 1 heterocycles. The van der Waals surface area contributed by atoms with Crippen molar-refractivity contribution in [2.24, 2.45) is 11.8 Å². The highest BCUT2D eigenvalue weighted by atomic mass is 16.5. The van der Waals surface area contributed by atoms with E-state index in [9.17, 15) is 0 Å². The summed E-state index contributed by atoms with van der Waals surface area (Å²) in [4.78, 5) is 20.8. The van der Waals surface area contributed by atoms with Gasteiger partial charge in [-0.15, -0.1) is 0 Å². The van der Waals surface area contributed by atoms with Crippen LogP contribution in [-0.4, -0.2) is 53.3 Å². The Morgan fingerprint density at radius 1 is 0.903 bits per heavy atom. The zero-order valence-corrected chi connectivity index (χ0v) is 18.4. The van der Waals surface area contributed by atoms with Crippen LogP contribution in [-0.2, 0) is 9.59 Å². The van der Waals surface area contributed by atoms with Crippen LogP contribution < -0.4 is 4.74 Å². The Kier molecular flexibility index (Phi) is 10.0. The first kappa shape index (κ1) is 24.4. The molecule has 0 radical (unpaired) electrons. The fourth-order valence-corrected chi connectivity index (χ4v) is 4.04. The van der Waals surface area contributed by atoms with Gasteiger partial charge in [-0.2, -0.15) is 0 Å². The number of benzene rings is 2. The molecule has 0 bridgehead atoms. The van der Waals surface area contributed by atoms with Gasteiger partial charge in [0.15, 0.2) is 0 Å². The third kappa shape index (κ3) is 8.80. The normalized spacial score (nSPS) is 18.5. The molecule has 2 aromatic rings. The van der Waals surface area contributed by atoms with Crippen LogP contribution in [0, 0.1) is 11.8 Å². The van der Waals surface area contributed by atoms with Crippen LogP contribution in [0.3, 0.4) is 0 Å². The predicted octanol–water partition coefficient (Wildman–Crippen LogP) is 4.65. The van der Waals surface area contributed by atoms with Crippen molar-refractivity contribution in [3.8, 4) is 16.9 Å². The number of unbranched alkanes of at least 4 members (excludes halogenated alkanes) is 1. The molecular weight excluding hydrogens is 394 g/mol. The molecule has 0 spiro atoms. The van der Waals surface area contributed by atoms with Gasteiger partial charge in [0, 0.05) is 18.7 Å². The van der Waals surface area contributed by atoms with Crippen molar-refractivity contribution >= 4 is 11.9 Å². The molecule has 2 aromatic carbocycles. The quantitative estimate of drug-likeness (QED) is 0.494. The number of nitrogens with zero attached hydrogens (tertiary/aromatic N) is 1. The largest absolute Gasteiger partial charge is 0.493 e. The van der Waals surface area contributed by atoms with Gasteiger partial charge in [-0.1, -0.05) is 62.4 Å². The first-order chi connectivity index (χ1) is 14.9. The van der Waals surface area contributed by atoms with Crippen LogP contribution in [0.2, 0.25) is 0 Å². The Morgan fingerprint density at radius 3 is 2.10 bits per heavy atom. The van der Waals surface area contributed by atoms with Crippen molar-refractivity contribution in [2.45, 2.75) is 33.1 Å². The van der Waals surface area contributed by atoms with Gasteiger partial charge in [0.2, 0.25) is 0 Å². The van der Waals surface area contributed by atoms with E-state index < -0.39 is 11.9 Å². The average Bonchev–Trinajstić information content (AvgIpc) is 2.74. The highest BCUT2D eigenvalue weighted by molar-refractivity contribution is 6.27. The topological polar surface area (TPSA) is 87.1 Å². The van der Waals surface area contributed by atoms with E-state index >= 15 is 0 Å². The fraction of sp³-hybridized carbons (Fsp3) is 0.440. The molecule has 2 unspecified atom stereocenters. The van der Waals surface area contributed by atoms with Gasteiger partial charge in [-0.25, -0.2) is 9.59 Å². The van der Waals surface area contributed by atoms with Gasteiger partial charge in [0.1, 0.15) is 5.75 Å². The lowest BCUT2D eigenvalue weighted by atomic mass is 9.92. The standard InChI is InChI=1S/C23H31NO.C2H2O4/c1-19-16-20(2)18-24(17-19)14-8-9-15-25-23-13-7-6-12-22(23)21-10-4-3-5-11-21;3-1(4)2(5)6/h3-7,10-13,19-20H,8-9,14-18H2,1-2H3;(H,3,4)(H,5,6). The molecule has 31 heavy (non-hydrogen) atoms. The Hall–Kier alpha value is -2.86. The molecule has 1 saturated heterocycles. The summed E-state index contributed by atoms with van der Waals surface area (Å²) in [5.74, 6) is -0.964. The number of likely N-dealkylation sites (tertiary alicyclic amines) is 1. The van der Waals surface area contributed by atoms with E-state index in [0.717, 1.165) is 30.6 Å². The molecule has 6 heteroatoms. The molecule has 1 fully saturated rings. The van der Waals surface area contributed by atoms with Crippen molar-refractivity contribution in [2.75, 3.05) is 26.2 Å². The van der Waals surface area contributed by atoms with E-state index in [0.29, 0.717) is 0 Å². The Balaban J connectivity index is 0.000000501. The molecule has 0 saturated carbocycles. The van der Waals surface area contributed by atoms with Gasteiger partial charge >= 0.3 is 11.9 Å². The summed E-state index contributed by atoms with van der Waals surface area (Å²) in [7, 11) is 0. The molecule has 168 valence electrons. The monoisotopic (exact) mass is 427 g/mol. The molecule has 1 aliphatic rings. The van der Waals surface area contributed by atoms with E-state index in [-0.39, 0.29) is 0 Å². The van der Waals surface area contributed by atoms with Gasteiger partial charge in [-0.05, 0) is 49.3 Å². The van der Waals surface area contributed by atoms with Crippen LogP contribution >= 0.6 is 0 Å². The van der Waals surface area contributed by atoms with Crippen LogP contribution in [0.15, 0.2) is 54.6 Å². The number of aliphatic carboxylic acids is 2. The summed E-state index contributed by atoms with van der Waals surface area (Å²) in [5.41, 5.74) is 2.40. The summed E-state index contributed by atoms with van der Waals surface area (Å²) in [6.45, 7) is 9.30. The van der Waals surface area contributed by atoms with Crippen molar-refractivity contribution in [3.63, 3.8) is 0 Å². The molecular formula is C25H33NO5. The third-order valence-corrected chi connectivity index (χ3v) is 5.23. The number of hydrogen-bond acceptors (Lipinski definition) is 4. The van der Waals surface area contributed by atoms with Gasteiger partial charge < -0.3 is 19.8 Å². The Morgan fingerprint density at radius 2 is 1.48 bits per heavy atom. The predicted molar refractivity (Wildman–Crippen MR) is 121 cm³/mol. The third-order valence-electron chi connectivity index (χ3n) is 5.23. The number of carboxylic acid groups (broad SMARTS) is 2. The van der Waals surface area contributed by atoms with E-state index in [4.69, 9.17) is 24.5 Å². The minimum atomic E-state index is -1.82. The van der Waals surface area contributed by atoms with Crippen molar-refractivity contribution in [1.82, 2.24) is 4.90 Å². The second-order valence-corrected chi connectivity index (χ2v) is 8.23. The van der Waals surface area contributed by atoms with Crippen LogP contribution in [0.1, 0.15) is 33.1 Å². The molecule has 0 aliphatic carbocycles. The molecule has 6 nitrogen and oxygen atoms in total. The van der Waals surface area contributed by atoms with Gasteiger partial charge in [-0.3, -0.25) is 0 Å². The minimum absolute atomic E-state index is 0.794. The summed E-state index contributed by atoms with van der Waals surface area (Å²) < 4.78 is 6.10. The van der Waals surface area contributed by atoms with Gasteiger partial charge in [0.05, 0.1) is 6.61 Å². The Labute approximate surface area is 184 Å². The number of hydrogen-bond donors (Lipinski definition) is 2. The summed E-state index contributed by atoms with van der Waals surface area (Å²) in [5, 5.41) is 14.8. The maximum atomic E-state index is 9.10. The van der Waals surface area contributed by atoms with Gasteiger partial charge in [0.25, 0.3) is 0 Å². The summed E-state index contributed by atoms with van der Waals surface area (Å²) >= 11 is 0. The summed E-state index contributed by atoms with van der Waals surface area (Å²) in [6, 6.07) is 18.8. The maximum Gasteiger partial charge on any atom is 0.414 e. The number of ether oxygens (including phenoxy) is 1. The zero-order valence-electron chi connectivity index (χ0n) is 18.4. The van der Waals surface area contributed by atoms with Crippen molar-refractivity contribution in [3.05, 3.63) is 54.6 Å². The van der Waals surface area contributed by atoms with E-state index in [1.807, 2.05) is 0 Å². The van der Waals surface area contributed by atoms with Crippen LogP contribution in [0.5, 0.6) is 5.75 Å². The summed E-state index contributed by atoms with van der Waals surface area (Å²) in [6.07, 6.45) is 3.71. The minimum Gasteiger partial charge on any atom is -0.493 e. The number of carboxylic acids is 2. The number of carbonyl (C=O) groups is 2. The van der Waals surface area contributed by atoms with E-state index in [1.165, 1.54) is 43.6 Å². The SMILES string of the molecule is CC1CC(C)CN(CCCCOc2ccccc2-c2ccccc2)C1.O=C(O)C(=O)O. The average molecular weight is 428 g/mol. The lowest BCUT2D eigenvalue weighted by Gasteiger charge is -2.34.